The van der Waals surface area contributed by atoms with Crippen LogP contribution in [0.3, 0.4) is 0 Å². The fourth-order valence-corrected chi connectivity index (χ4v) is 1.66. The van der Waals surface area contributed by atoms with Gasteiger partial charge in [-0.2, -0.15) is 0 Å². The second-order valence-electron chi connectivity index (χ2n) is 3.36. The van der Waals surface area contributed by atoms with E-state index >= 15 is 0 Å². The van der Waals surface area contributed by atoms with Crippen molar-refractivity contribution in [2.24, 2.45) is 0 Å². The summed E-state index contributed by atoms with van der Waals surface area (Å²) in [6.45, 7) is 0. The van der Waals surface area contributed by atoms with Gasteiger partial charge in [-0.1, -0.05) is 23.2 Å². The van der Waals surface area contributed by atoms with Gasteiger partial charge in [-0.3, -0.25) is 4.90 Å². The highest BCUT2D eigenvalue weighted by Crippen LogP contribution is 2.25. The Kier molecular flexibility index (Phi) is 3.83. The van der Waals surface area contributed by atoms with Crippen LogP contribution in [0.2, 0.25) is 10.0 Å². The Morgan fingerprint density at radius 3 is 1.93 bits per heavy atom. The fourth-order valence-electron chi connectivity index (χ4n) is 1.14. The highest BCUT2D eigenvalue weighted by Gasteiger charge is 2.13. The summed E-state index contributed by atoms with van der Waals surface area (Å²) < 4.78 is 0. The third kappa shape index (κ3) is 3.01. The molecule has 0 aliphatic rings. The molecule has 0 aromatic heterocycles. The molecule has 0 heterocycles. The van der Waals surface area contributed by atoms with Crippen LogP contribution in [0, 0.1) is 0 Å². The van der Waals surface area contributed by atoms with Crippen molar-refractivity contribution in [2.45, 2.75) is 0 Å². The molecule has 2 amide bonds. The first-order valence-electron chi connectivity index (χ1n) is 4.33. The maximum Gasteiger partial charge on any atom is 0.323 e. The summed E-state index contributed by atoms with van der Waals surface area (Å²) in [5, 5.41) is 1.02. The molecule has 0 fully saturated rings. The van der Waals surface area contributed by atoms with E-state index in [-0.39, 0.29) is 6.03 Å². The molecule has 0 atom stereocenters. The molecule has 0 N–H and O–H groups in total. The Morgan fingerprint density at radius 1 is 1.07 bits per heavy atom. The van der Waals surface area contributed by atoms with Crippen molar-refractivity contribution in [3.05, 3.63) is 28.2 Å². The highest BCUT2D eigenvalue weighted by molar-refractivity contribution is 6.35. The Morgan fingerprint density at radius 2 is 1.53 bits per heavy atom. The minimum atomic E-state index is -0.131. The van der Waals surface area contributed by atoms with E-state index in [1.165, 1.54) is 9.80 Å². The Hall–Kier alpha value is -0.930. The minimum Gasteiger partial charge on any atom is -0.330 e. The molecule has 0 spiro atoms. The van der Waals surface area contributed by atoms with Crippen molar-refractivity contribution < 1.29 is 4.79 Å². The number of carbonyl (C=O) groups is 1. The van der Waals surface area contributed by atoms with Crippen LogP contribution in [0.5, 0.6) is 0 Å². The van der Waals surface area contributed by atoms with Crippen LogP contribution in [0.15, 0.2) is 18.2 Å². The largest absolute Gasteiger partial charge is 0.330 e. The quantitative estimate of drug-likeness (QED) is 0.747. The molecule has 1 aromatic rings. The number of amides is 2. The Labute approximate surface area is 99.2 Å². The van der Waals surface area contributed by atoms with E-state index in [0.29, 0.717) is 15.7 Å². The van der Waals surface area contributed by atoms with E-state index in [2.05, 4.69) is 0 Å². The molecule has 0 unspecified atom stereocenters. The van der Waals surface area contributed by atoms with Gasteiger partial charge in [-0.05, 0) is 18.2 Å². The molecule has 82 valence electrons. The number of urea groups is 1. The van der Waals surface area contributed by atoms with E-state index in [4.69, 9.17) is 23.2 Å². The first kappa shape index (κ1) is 12.1. The lowest BCUT2D eigenvalue weighted by Gasteiger charge is -2.22. The lowest BCUT2D eigenvalue weighted by Crippen LogP contribution is -2.36. The SMILES string of the molecule is CN(C)C(=O)N(C)c1cc(Cl)cc(Cl)c1. The van der Waals surface area contributed by atoms with Crippen LogP contribution >= 0.6 is 23.2 Å². The average Bonchev–Trinajstić information content (AvgIpc) is 2.13. The number of hydrogen-bond donors (Lipinski definition) is 0. The predicted molar refractivity (Wildman–Crippen MR) is 63.9 cm³/mol. The number of halogens is 2. The van der Waals surface area contributed by atoms with Crippen LogP contribution in [-0.4, -0.2) is 32.1 Å². The summed E-state index contributed by atoms with van der Waals surface area (Å²) in [6, 6.07) is 4.87. The molecule has 5 heteroatoms. The van der Waals surface area contributed by atoms with E-state index in [9.17, 15) is 4.79 Å². The average molecular weight is 247 g/mol. The van der Waals surface area contributed by atoms with Crippen molar-refractivity contribution in [3.8, 4) is 0 Å². The summed E-state index contributed by atoms with van der Waals surface area (Å²) in [6.07, 6.45) is 0. The summed E-state index contributed by atoms with van der Waals surface area (Å²) in [4.78, 5) is 14.6. The molecule has 0 aliphatic heterocycles. The predicted octanol–water partition coefficient (Wildman–Crippen LogP) is 3.11. The van der Waals surface area contributed by atoms with Gasteiger partial charge in [0.2, 0.25) is 0 Å². The molecule has 0 radical (unpaired) electrons. The first-order chi connectivity index (χ1) is 6.91. The maximum atomic E-state index is 11.6. The number of nitrogens with zero attached hydrogens (tertiary/aromatic N) is 2. The van der Waals surface area contributed by atoms with E-state index in [0.717, 1.165) is 0 Å². The monoisotopic (exact) mass is 246 g/mol. The maximum absolute atomic E-state index is 11.6. The van der Waals surface area contributed by atoms with Crippen molar-refractivity contribution in [1.82, 2.24) is 4.90 Å². The highest BCUT2D eigenvalue weighted by atomic mass is 35.5. The van der Waals surface area contributed by atoms with Gasteiger partial charge in [0.15, 0.2) is 0 Å². The smallest absolute Gasteiger partial charge is 0.323 e. The zero-order chi connectivity index (χ0) is 11.6. The lowest BCUT2D eigenvalue weighted by molar-refractivity contribution is 0.225. The molecule has 0 saturated carbocycles. The van der Waals surface area contributed by atoms with Gasteiger partial charge in [-0.15, -0.1) is 0 Å². The normalized spacial score (nSPS) is 9.93. The number of anilines is 1. The zero-order valence-corrected chi connectivity index (χ0v) is 10.3. The number of rotatable bonds is 1. The van der Waals surface area contributed by atoms with Crippen molar-refractivity contribution in [1.29, 1.82) is 0 Å². The van der Waals surface area contributed by atoms with Crippen LogP contribution in [0.1, 0.15) is 0 Å². The van der Waals surface area contributed by atoms with E-state index in [1.54, 1.807) is 39.3 Å². The summed E-state index contributed by atoms with van der Waals surface area (Å²) in [5.41, 5.74) is 0.672. The number of benzene rings is 1. The molecule has 0 saturated heterocycles. The number of hydrogen-bond acceptors (Lipinski definition) is 1. The van der Waals surface area contributed by atoms with Crippen LogP contribution in [0.25, 0.3) is 0 Å². The fraction of sp³-hybridized carbons (Fsp3) is 0.300. The molecule has 1 rings (SSSR count). The molecule has 1 aromatic carbocycles. The lowest BCUT2D eigenvalue weighted by atomic mass is 10.3. The zero-order valence-electron chi connectivity index (χ0n) is 8.79. The van der Waals surface area contributed by atoms with E-state index < -0.39 is 0 Å². The van der Waals surface area contributed by atoms with E-state index in [1.807, 2.05) is 0 Å². The van der Waals surface area contributed by atoms with Gasteiger partial charge in [0, 0.05) is 36.9 Å². The number of carbonyl (C=O) groups excluding carboxylic acids is 1. The third-order valence-electron chi connectivity index (χ3n) is 1.90. The van der Waals surface area contributed by atoms with Crippen LogP contribution < -0.4 is 4.90 Å². The van der Waals surface area contributed by atoms with Crippen LogP contribution in [0.4, 0.5) is 10.5 Å². The Bertz CT molecular complexity index is 359. The second kappa shape index (κ2) is 4.73. The van der Waals surface area contributed by atoms with Gasteiger partial charge in [0.1, 0.15) is 0 Å². The van der Waals surface area contributed by atoms with Gasteiger partial charge >= 0.3 is 6.03 Å². The van der Waals surface area contributed by atoms with Gasteiger partial charge < -0.3 is 4.90 Å². The summed E-state index contributed by atoms with van der Waals surface area (Å²) in [7, 11) is 5.04. The summed E-state index contributed by atoms with van der Waals surface area (Å²) in [5.74, 6) is 0. The van der Waals surface area contributed by atoms with Crippen LogP contribution in [-0.2, 0) is 0 Å². The van der Waals surface area contributed by atoms with Crippen molar-refractivity contribution in [2.75, 3.05) is 26.0 Å². The third-order valence-corrected chi connectivity index (χ3v) is 2.34. The van der Waals surface area contributed by atoms with Gasteiger partial charge in [-0.25, -0.2) is 4.79 Å². The molecular weight excluding hydrogens is 235 g/mol. The molecular formula is C10H12Cl2N2O. The standard InChI is InChI=1S/C10H12Cl2N2O/c1-13(2)10(15)14(3)9-5-7(11)4-8(12)6-9/h4-6H,1-3H3. The van der Waals surface area contributed by atoms with Crippen molar-refractivity contribution >= 4 is 34.9 Å². The molecule has 0 bridgehead atoms. The van der Waals surface area contributed by atoms with Gasteiger partial charge in [0.25, 0.3) is 0 Å². The second-order valence-corrected chi connectivity index (χ2v) is 4.24. The topological polar surface area (TPSA) is 23.6 Å². The summed E-state index contributed by atoms with van der Waals surface area (Å²) >= 11 is 11.7. The Balaban J connectivity index is 3.00. The molecule has 0 aliphatic carbocycles. The van der Waals surface area contributed by atoms with Crippen molar-refractivity contribution in [3.63, 3.8) is 0 Å². The van der Waals surface area contributed by atoms with Gasteiger partial charge in [0.05, 0.1) is 0 Å². The minimum absolute atomic E-state index is 0.131. The molecule has 15 heavy (non-hydrogen) atoms. The first-order valence-corrected chi connectivity index (χ1v) is 5.08. The molecule has 3 nitrogen and oxygen atoms in total.